The molecule has 1 fully saturated rings. The van der Waals surface area contributed by atoms with Crippen molar-refractivity contribution in [2.24, 2.45) is 5.92 Å². The second-order valence-electron chi connectivity index (χ2n) is 5.01. The molecule has 20 heavy (non-hydrogen) atoms. The number of carbonyl (C=O) groups is 1. The molecule has 0 N–H and O–H groups in total. The van der Waals surface area contributed by atoms with Crippen LogP contribution >= 0.6 is 31.9 Å². The third-order valence-corrected chi connectivity index (χ3v) is 6.07. The minimum absolute atomic E-state index is 0.124. The first-order valence-electron chi connectivity index (χ1n) is 6.26. The molecular weight excluding hydrogens is 392 g/mol. The van der Waals surface area contributed by atoms with Crippen LogP contribution in [0.25, 0.3) is 0 Å². The molecule has 1 heterocycles. The van der Waals surface area contributed by atoms with Gasteiger partial charge in [0.15, 0.2) is 0 Å². The van der Waals surface area contributed by atoms with E-state index in [0.29, 0.717) is 36.4 Å². The van der Waals surface area contributed by atoms with Gasteiger partial charge in [-0.3, -0.25) is 0 Å². The van der Waals surface area contributed by atoms with Gasteiger partial charge in [0, 0.05) is 24.5 Å². The Morgan fingerprint density at radius 2 is 2.20 bits per heavy atom. The highest BCUT2D eigenvalue weighted by atomic mass is 79.9. The molecule has 0 unspecified atom stereocenters. The molecule has 108 valence electrons. The fraction of sp³-hybridized carbons (Fsp3) is 0.500. The molecular formula is C14H14Br2O4. The van der Waals surface area contributed by atoms with E-state index in [-0.39, 0.29) is 9.20 Å². The van der Waals surface area contributed by atoms with E-state index >= 15 is 0 Å². The average Bonchev–Trinajstić information content (AvgIpc) is 3.00. The molecule has 3 rings (SSSR count). The van der Waals surface area contributed by atoms with Gasteiger partial charge < -0.3 is 14.2 Å². The molecule has 2 atom stereocenters. The number of hydrogen-bond donors (Lipinski definition) is 0. The maximum atomic E-state index is 12.1. The number of fused-ring (bicyclic) bond motifs is 3. The van der Waals surface area contributed by atoms with Crippen molar-refractivity contribution in [1.29, 1.82) is 0 Å². The minimum Gasteiger partial charge on any atom is -0.492 e. The topological polar surface area (TPSA) is 44.8 Å². The molecule has 0 bridgehead atoms. The molecule has 1 aromatic carbocycles. The molecule has 0 spiro atoms. The van der Waals surface area contributed by atoms with E-state index < -0.39 is 0 Å². The molecule has 0 radical (unpaired) electrons. The first-order valence-corrected chi connectivity index (χ1v) is 7.84. The van der Waals surface area contributed by atoms with Crippen LogP contribution in [0.1, 0.15) is 27.4 Å². The Morgan fingerprint density at radius 1 is 1.45 bits per heavy atom. The molecule has 1 aliphatic heterocycles. The number of esters is 1. The predicted octanol–water partition coefficient (Wildman–Crippen LogP) is 3.21. The summed E-state index contributed by atoms with van der Waals surface area (Å²) in [6.45, 7) is 0.928. The van der Waals surface area contributed by atoms with Gasteiger partial charge >= 0.3 is 5.97 Å². The Morgan fingerprint density at radius 3 is 2.85 bits per heavy atom. The molecule has 0 amide bonds. The van der Waals surface area contributed by atoms with Crippen LogP contribution < -0.4 is 4.74 Å². The molecule has 4 nitrogen and oxygen atoms in total. The van der Waals surface area contributed by atoms with Crippen molar-refractivity contribution in [2.75, 3.05) is 20.8 Å². The Balaban J connectivity index is 2.11. The van der Waals surface area contributed by atoms with Crippen molar-refractivity contribution in [1.82, 2.24) is 0 Å². The average molecular weight is 406 g/mol. The van der Waals surface area contributed by atoms with Gasteiger partial charge in [0.1, 0.15) is 11.3 Å². The van der Waals surface area contributed by atoms with Gasteiger partial charge in [-0.15, -0.1) is 0 Å². The number of methoxy groups -OCH3 is 2. The molecule has 0 saturated heterocycles. The fourth-order valence-corrected chi connectivity index (χ4v) is 4.50. The zero-order chi connectivity index (χ0) is 14.5. The molecule has 1 aromatic rings. The van der Waals surface area contributed by atoms with E-state index in [4.69, 9.17) is 14.2 Å². The van der Waals surface area contributed by atoms with Crippen molar-refractivity contribution in [2.45, 2.75) is 15.8 Å². The number of benzene rings is 1. The summed E-state index contributed by atoms with van der Waals surface area (Å²) in [5.41, 5.74) is 2.30. The SMILES string of the molecule is COCc1ccc2c(c1C(=O)OC)OC[C@@H]1[C@H]2C1(Br)Br. The minimum atomic E-state index is -0.386. The van der Waals surface area contributed by atoms with E-state index in [0.717, 1.165) is 11.1 Å². The first-order chi connectivity index (χ1) is 9.52. The van der Waals surface area contributed by atoms with Gasteiger partial charge in [0.2, 0.25) is 0 Å². The van der Waals surface area contributed by atoms with Gasteiger partial charge in [-0.05, 0) is 5.56 Å². The lowest BCUT2D eigenvalue weighted by atomic mass is 9.97. The van der Waals surface area contributed by atoms with Crippen LogP contribution in [0, 0.1) is 5.92 Å². The van der Waals surface area contributed by atoms with Gasteiger partial charge in [-0.2, -0.15) is 0 Å². The number of hydrogen-bond acceptors (Lipinski definition) is 4. The normalized spacial score (nSPS) is 25.2. The number of ether oxygens (including phenoxy) is 3. The van der Waals surface area contributed by atoms with Crippen molar-refractivity contribution in [3.05, 3.63) is 28.8 Å². The molecule has 2 aliphatic rings. The fourth-order valence-electron chi connectivity index (χ4n) is 2.84. The summed E-state index contributed by atoms with van der Waals surface area (Å²) in [6.07, 6.45) is 0. The van der Waals surface area contributed by atoms with Crippen LogP contribution in [-0.2, 0) is 16.1 Å². The van der Waals surface area contributed by atoms with E-state index in [1.54, 1.807) is 7.11 Å². The Labute approximate surface area is 134 Å². The quantitative estimate of drug-likeness (QED) is 0.572. The van der Waals surface area contributed by atoms with Crippen LogP contribution in [0.3, 0.4) is 0 Å². The van der Waals surface area contributed by atoms with E-state index in [1.807, 2.05) is 12.1 Å². The molecule has 1 saturated carbocycles. The maximum absolute atomic E-state index is 12.1. The summed E-state index contributed by atoms with van der Waals surface area (Å²) in [4.78, 5) is 12.1. The predicted molar refractivity (Wildman–Crippen MR) is 80.8 cm³/mol. The van der Waals surface area contributed by atoms with Gasteiger partial charge in [-0.25, -0.2) is 4.79 Å². The van der Waals surface area contributed by atoms with Gasteiger partial charge in [0.25, 0.3) is 0 Å². The lowest BCUT2D eigenvalue weighted by Gasteiger charge is -2.20. The summed E-state index contributed by atoms with van der Waals surface area (Å²) >= 11 is 7.35. The maximum Gasteiger partial charge on any atom is 0.342 e. The number of halogens is 2. The van der Waals surface area contributed by atoms with Gasteiger partial charge in [-0.1, -0.05) is 44.0 Å². The molecule has 1 aliphatic carbocycles. The monoisotopic (exact) mass is 404 g/mol. The third-order valence-electron chi connectivity index (χ3n) is 3.91. The van der Waals surface area contributed by atoms with Crippen LogP contribution in [0.4, 0.5) is 0 Å². The standard InChI is InChI=1S/C14H14Br2O4/c1-18-5-7-3-4-8-11-9(14(11,15)16)6-20-12(8)10(7)13(17)19-2/h3-4,9,11H,5-6H2,1-2H3/t9-,11+/m1/s1. The first kappa shape index (κ1) is 14.4. The Hall–Kier alpha value is -0.590. The summed E-state index contributed by atoms with van der Waals surface area (Å²) in [6, 6.07) is 3.92. The highest BCUT2D eigenvalue weighted by molar-refractivity contribution is 9.25. The number of rotatable bonds is 3. The van der Waals surface area contributed by atoms with Crippen molar-refractivity contribution >= 4 is 37.8 Å². The van der Waals surface area contributed by atoms with Crippen LogP contribution in [0.2, 0.25) is 0 Å². The van der Waals surface area contributed by atoms with E-state index in [1.165, 1.54) is 7.11 Å². The number of alkyl halides is 2. The van der Waals surface area contributed by atoms with E-state index in [9.17, 15) is 4.79 Å². The Kier molecular flexibility index (Phi) is 3.59. The molecule has 0 aromatic heterocycles. The van der Waals surface area contributed by atoms with Crippen molar-refractivity contribution in [3.63, 3.8) is 0 Å². The largest absolute Gasteiger partial charge is 0.492 e. The molecule has 6 heteroatoms. The lowest BCUT2D eigenvalue weighted by molar-refractivity contribution is 0.0589. The van der Waals surface area contributed by atoms with Crippen LogP contribution in [-0.4, -0.2) is 30.0 Å². The second-order valence-corrected chi connectivity index (χ2v) is 8.70. The van der Waals surface area contributed by atoms with Crippen LogP contribution in [0.15, 0.2) is 12.1 Å². The number of carbonyl (C=O) groups excluding carboxylic acids is 1. The highest BCUT2D eigenvalue weighted by Gasteiger charge is 2.65. The summed E-state index contributed by atoms with van der Waals surface area (Å²) in [7, 11) is 2.97. The smallest absolute Gasteiger partial charge is 0.342 e. The highest BCUT2D eigenvalue weighted by Crippen LogP contribution is 2.70. The van der Waals surface area contributed by atoms with Crippen molar-refractivity contribution in [3.8, 4) is 5.75 Å². The summed E-state index contributed by atoms with van der Waals surface area (Å²) in [5, 5.41) is 0. The Bertz CT molecular complexity index is 571. The van der Waals surface area contributed by atoms with E-state index in [2.05, 4.69) is 31.9 Å². The lowest BCUT2D eigenvalue weighted by Crippen LogP contribution is -2.16. The zero-order valence-corrected chi connectivity index (χ0v) is 14.3. The third kappa shape index (κ3) is 2.00. The summed E-state index contributed by atoms with van der Waals surface area (Å²) in [5.74, 6) is 0.941. The van der Waals surface area contributed by atoms with Crippen LogP contribution in [0.5, 0.6) is 5.75 Å². The zero-order valence-electron chi connectivity index (χ0n) is 11.1. The van der Waals surface area contributed by atoms with Crippen molar-refractivity contribution < 1.29 is 19.0 Å². The summed E-state index contributed by atoms with van der Waals surface area (Å²) < 4.78 is 15.8. The second kappa shape index (κ2) is 5.00. The van der Waals surface area contributed by atoms with Gasteiger partial charge in [0.05, 0.1) is 23.6 Å².